The average molecular weight is 665 g/mol. The molecule has 2 N–H and O–H groups in total. The molecule has 0 aliphatic carbocycles. The molecule has 1 aliphatic rings. The van der Waals surface area contributed by atoms with Crippen LogP contribution in [0, 0.1) is 13.8 Å². The number of ether oxygens (including phenoxy) is 1. The Morgan fingerprint density at radius 1 is 0.918 bits per heavy atom. The van der Waals surface area contributed by atoms with Crippen molar-refractivity contribution in [1.82, 2.24) is 19.6 Å². The number of fused-ring (bicyclic) bond motifs is 1. The number of carbonyl (C=O) groups is 3. The lowest BCUT2D eigenvalue weighted by atomic mass is 9.94. The minimum absolute atomic E-state index is 0.0465. The lowest BCUT2D eigenvalue weighted by Crippen LogP contribution is -2.43. The molecule has 0 saturated carbocycles. The smallest absolute Gasteiger partial charge is 0.323 e. The van der Waals surface area contributed by atoms with E-state index in [1.807, 2.05) is 41.8 Å². The number of nitrogens with one attached hydrogen (secondary N) is 2. The summed E-state index contributed by atoms with van der Waals surface area (Å²) < 4.78 is 6.96. The number of hydrogen-bond donors (Lipinski definition) is 2. The van der Waals surface area contributed by atoms with Crippen LogP contribution in [0.1, 0.15) is 89.7 Å². The Hall–Kier alpha value is -5.12. The highest BCUT2D eigenvalue weighted by Crippen LogP contribution is 2.29. The summed E-state index contributed by atoms with van der Waals surface area (Å²) in [6, 6.07) is 20.1. The minimum Gasteiger partial charge on any atom is -0.497 e. The number of urea groups is 1. The molecule has 0 fully saturated rings. The van der Waals surface area contributed by atoms with Crippen molar-refractivity contribution in [1.29, 1.82) is 0 Å². The summed E-state index contributed by atoms with van der Waals surface area (Å²) in [5.74, 6) is 0.411. The van der Waals surface area contributed by atoms with Crippen LogP contribution in [-0.2, 0) is 13.0 Å². The second-order valence-corrected chi connectivity index (χ2v) is 12.8. The molecule has 0 saturated heterocycles. The van der Waals surface area contributed by atoms with E-state index in [0.29, 0.717) is 53.7 Å². The van der Waals surface area contributed by atoms with Gasteiger partial charge in [0, 0.05) is 42.7 Å². The summed E-state index contributed by atoms with van der Waals surface area (Å²) in [6.07, 6.45) is 4.57. The predicted molar refractivity (Wildman–Crippen MR) is 194 cm³/mol. The largest absolute Gasteiger partial charge is 0.497 e. The van der Waals surface area contributed by atoms with Gasteiger partial charge in [0.05, 0.1) is 18.4 Å². The Labute approximate surface area is 289 Å². The molecule has 2 heterocycles. The first-order valence-electron chi connectivity index (χ1n) is 17.2. The maximum absolute atomic E-state index is 14.5. The topological polar surface area (TPSA) is 109 Å². The third kappa shape index (κ3) is 8.13. The maximum atomic E-state index is 14.5. The highest BCUT2D eigenvalue weighted by Gasteiger charge is 2.30. The standard InChI is InChI=1S/C39H48N6O4/c1-7-9-19-43(20-10-8-2)38(47)35-23-28(5)45(42-35)36-18-15-31(40-39(48)41-34-17-16-32(49-6)21-26(34)3)24-33(36)37(46)44-25-30-14-12-11-13-29(30)22-27(44)4/h11-18,21,23-24,27H,7-10,19-20,22,25H2,1-6H3,(H2,40,41,48). The first-order valence-corrected chi connectivity index (χ1v) is 17.2. The fourth-order valence-electron chi connectivity index (χ4n) is 6.26. The molecule has 0 bridgehead atoms. The number of anilines is 2. The van der Waals surface area contributed by atoms with Crippen molar-refractivity contribution >= 4 is 29.2 Å². The van der Waals surface area contributed by atoms with Crippen molar-refractivity contribution in [3.63, 3.8) is 0 Å². The molecule has 0 spiro atoms. The molecule has 1 atom stereocenters. The molecule has 4 aromatic rings. The summed E-state index contributed by atoms with van der Waals surface area (Å²) in [5.41, 5.74) is 6.29. The van der Waals surface area contributed by atoms with Gasteiger partial charge in [0.1, 0.15) is 5.75 Å². The van der Waals surface area contributed by atoms with Gasteiger partial charge in [-0.3, -0.25) is 9.59 Å². The van der Waals surface area contributed by atoms with Gasteiger partial charge in [-0.15, -0.1) is 0 Å². The van der Waals surface area contributed by atoms with Crippen molar-refractivity contribution in [2.24, 2.45) is 0 Å². The van der Waals surface area contributed by atoms with E-state index >= 15 is 0 Å². The van der Waals surface area contributed by atoms with Gasteiger partial charge in [-0.2, -0.15) is 5.10 Å². The van der Waals surface area contributed by atoms with Crippen LogP contribution in [0.2, 0.25) is 0 Å². The second kappa shape index (κ2) is 15.9. The van der Waals surface area contributed by atoms with Gasteiger partial charge in [-0.25, -0.2) is 9.48 Å². The molecule has 1 aliphatic heterocycles. The summed E-state index contributed by atoms with van der Waals surface area (Å²) >= 11 is 0. The maximum Gasteiger partial charge on any atom is 0.323 e. The Morgan fingerprint density at radius 2 is 1.63 bits per heavy atom. The normalized spacial score (nSPS) is 13.8. The van der Waals surface area contributed by atoms with Gasteiger partial charge in [-0.05, 0) is 99.2 Å². The van der Waals surface area contributed by atoms with Crippen LogP contribution in [-0.4, -0.2) is 63.7 Å². The van der Waals surface area contributed by atoms with Crippen LogP contribution in [0.5, 0.6) is 5.75 Å². The van der Waals surface area contributed by atoms with Gasteiger partial charge < -0.3 is 25.2 Å². The number of nitrogens with zero attached hydrogens (tertiary/aromatic N) is 4. The molecule has 10 nitrogen and oxygen atoms in total. The van der Waals surface area contributed by atoms with E-state index in [9.17, 15) is 14.4 Å². The first-order chi connectivity index (χ1) is 23.6. The van der Waals surface area contributed by atoms with Gasteiger partial charge in [0.25, 0.3) is 11.8 Å². The molecule has 0 radical (unpaired) electrons. The number of aromatic nitrogens is 2. The second-order valence-electron chi connectivity index (χ2n) is 12.8. The van der Waals surface area contributed by atoms with Crippen LogP contribution < -0.4 is 15.4 Å². The lowest BCUT2D eigenvalue weighted by molar-refractivity contribution is 0.0657. The van der Waals surface area contributed by atoms with E-state index in [4.69, 9.17) is 9.84 Å². The van der Waals surface area contributed by atoms with Gasteiger partial charge in [0.15, 0.2) is 5.69 Å². The minimum atomic E-state index is -0.443. The highest BCUT2D eigenvalue weighted by atomic mass is 16.5. The molecule has 1 aromatic heterocycles. The van der Waals surface area contributed by atoms with Crippen LogP contribution in [0.25, 0.3) is 5.69 Å². The van der Waals surface area contributed by atoms with E-state index in [1.54, 1.807) is 48.2 Å². The zero-order chi connectivity index (χ0) is 35.1. The van der Waals surface area contributed by atoms with Crippen molar-refractivity contribution in [3.05, 3.63) is 100 Å². The Morgan fingerprint density at radius 3 is 2.31 bits per heavy atom. The van der Waals surface area contributed by atoms with Gasteiger partial charge in [-0.1, -0.05) is 51.0 Å². The Bertz CT molecular complexity index is 1810. The summed E-state index contributed by atoms with van der Waals surface area (Å²) in [4.78, 5) is 45.1. The first kappa shape index (κ1) is 35.2. The molecular weight excluding hydrogens is 616 g/mol. The summed E-state index contributed by atoms with van der Waals surface area (Å²) in [6.45, 7) is 11.9. The van der Waals surface area contributed by atoms with Gasteiger partial charge >= 0.3 is 6.03 Å². The Kier molecular flexibility index (Phi) is 11.4. The highest BCUT2D eigenvalue weighted by molar-refractivity contribution is 6.03. The SMILES string of the molecule is CCCCN(CCCC)C(=O)c1cc(C)n(-c2ccc(NC(=O)Nc3ccc(OC)cc3C)cc2C(=O)N2Cc3ccccc3CC2C)n1. The zero-order valence-corrected chi connectivity index (χ0v) is 29.5. The molecule has 10 heteroatoms. The van der Waals surface area contributed by atoms with E-state index in [1.165, 1.54) is 5.56 Å². The van der Waals surface area contributed by atoms with Crippen molar-refractivity contribution in [2.75, 3.05) is 30.8 Å². The van der Waals surface area contributed by atoms with Gasteiger partial charge in [0.2, 0.25) is 0 Å². The van der Waals surface area contributed by atoms with E-state index in [2.05, 4.69) is 43.5 Å². The molecule has 5 rings (SSSR count). The van der Waals surface area contributed by atoms with E-state index < -0.39 is 6.03 Å². The third-order valence-electron chi connectivity index (χ3n) is 9.12. The summed E-state index contributed by atoms with van der Waals surface area (Å²) in [5, 5.41) is 10.6. The monoisotopic (exact) mass is 664 g/mol. The van der Waals surface area contributed by atoms with Crippen molar-refractivity contribution in [3.8, 4) is 11.4 Å². The number of methoxy groups -OCH3 is 1. The van der Waals surface area contributed by atoms with Crippen LogP contribution in [0.4, 0.5) is 16.2 Å². The lowest BCUT2D eigenvalue weighted by Gasteiger charge is -2.35. The number of benzene rings is 3. The number of unbranched alkanes of at least 4 members (excludes halogenated alkanes) is 2. The van der Waals surface area contributed by atoms with Crippen LogP contribution in [0.3, 0.4) is 0 Å². The third-order valence-corrected chi connectivity index (χ3v) is 9.12. The fraction of sp³-hybridized carbons (Fsp3) is 0.385. The molecule has 3 aromatic carbocycles. The van der Waals surface area contributed by atoms with Crippen LogP contribution >= 0.6 is 0 Å². The number of carbonyl (C=O) groups excluding carboxylic acids is 3. The van der Waals surface area contributed by atoms with Crippen molar-refractivity contribution < 1.29 is 19.1 Å². The number of hydrogen-bond acceptors (Lipinski definition) is 5. The van der Waals surface area contributed by atoms with E-state index in [0.717, 1.165) is 48.9 Å². The number of aryl methyl sites for hydroxylation is 2. The van der Waals surface area contributed by atoms with Crippen LogP contribution in [0.15, 0.2) is 66.7 Å². The Balaban J connectivity index is 1.49. The number of rotatable bonds is 12. The average Bonchev–Trinajstić information content (AvgIpc) is 3.49. The zero-order valence-electron chi connectivity index (χ0n) is 29.5. The molecule has 4 amide bonds. The fourth-order valence-corrected chi connectivity index (χ4v) is 6.26. The molecule has 258 valence electrons. The number of amides is 4. The predicted octanol–water partition coefficient (Wildman–Crippen LogP) is 7.77. The summed E-state index contributed by atoms with van der Waals surface area (Å²) in [7, 11) is 1.60. The molecule has 49 heavy (non-hydrogen) atoms. The van der Waals surface area contributed by atoms with E-state index in [-0.39, 0.29) is 17.9 Å². The molecule has 1 unspecified atom stereocenters. The quantitative estimate of drug-likeness (QED) is 0.161. The van der Waals surface area contributed by atoms with Crippen molar-refractivity contribution in [2.45, 2.75) is 79.3 Å². The molecular formula is C39H48N6O4.